The molecule has 0 radical (unpaired) electrons. The summed E-state index contributed by atoms with van der Waals surface area (Å²) >= 11 is 1.42. The molecule has 0 spiro atoms. The summed E-state index contributed by atoms with van der Waals surface area (Å²) in [5, 5.41) is 0.630. The molecule has 29 heavy (non-hydrogen) atoms. The number of anilines is 1. The minimum atomic E-state index is -3.30. The van der Waals surface area contributed by atoms with Crippen molar-refractivity contribution in [3.8, 4) is 11.5 Å². The number of benzene rings is 1. The Kier molecular flexibility index (Phi) is 5.23. The van der Waals surface area contributed by atoms with Crippen LogP contribution in [-0.2, 0) is 16.6 Å². The zero-order chi connectivity index (χ0) is 20.6. The van der Waals surface area contributed by atoms with Gasteiger partial charge in [-0.25, -0.2) is 28.1 Å². The molecule has 0 bridgehead atoms. The molecule has 1 aliphatic heterocycles. The highest BCUT2D eigenvalue weighted by atomic mass is 32.2. The van der Waals surface area contributed by atoms with Gasteiger partial charge in [-0.1, -0.05) is 11.8 Å². The van der Waals surface area contributed by atoms with Gasteiger partial charge >= 0.3 is 0 Å². The molecular formula is C17H20N6O4S2. The molecule has 0 saturated heterocycles. The molecule has 3 aromatic rings. The van der Waals surface area contributed by atoms with E-state index < -0.39 is 10.0 Å². The lowest BCUT2D eigenvalue weighted by Gasteiger charge is -2.11. The highest BCUT2D eigenvalue weighted by Gasteiger charge is 2.20. The van der Waals surface area contributed by atoms with Crippen LogP contribution in [0.5, 0.6) is 11.5 Å². The van der Waals surface area contributed by atoms with Crippen LogP contribution in [0, 0.1) is 6.92 Å². The third-order valence-electron chi connectivity index (χ3n) is 4.43. The molecular weight excluding hydrogens is 416 g/mol. The van der Waals surface area contributed by atoms with Crippen LogP contribution in [0.1, 0.15) is 12.5 Å². The number of nitrogens with two attached hydrogens (primary N) is 1. The molecule has 4 rings (SSSR count). The second kappa shape index (κ2) is 7.69. The van der Waals surface area contributed by atoms with E-state index in [2.05, 4.69) is 19.7 Å². The van der Waals surface area contributed by atoms with Crippen LogP contribution in [0.15, 0.2) is 28.5 Å². The van der Waals surface area contributed by atoms with Gasteiger partial charge in [0.2, 0.25) is 16.8 Å². The van der Waals surface area contributed by atoms with E-state index in [1.54, 1.807) is 6.92 Å². The normalized spacial score (nSPS) is 13.3. The van der Waals surface area contributed by atoms with Crippen molar-refractivity contribution in [2.75, 3.05) is 24.8 Å². The van der Waals surface area contributed by atoms with E-state index in [1.165, 1.54) is 18.1 Å². The van der Waals surface area contributed by atoms with E-state index in [0.717, 1.165) is 10.5 Å². The molecule has 0 amide bonds. The SMILES string of the molecule is CCS(=O)(=O)NCCn1c(Sc2cc3c(cc2C)OCO3)nc2c(N)ncnc21. The molecule has 0 fully saturated rings. The van der Waals surface area contributed by atoms with Crippen LogP contribution in [0.3, 0.4) is 0 Å². The van der Waals surface area contributed by atoms with Gasteiger partial charge in [0.15, 0.2) is 33.6 Å². The topological polar surface area (TPSA) is 134 Å². The van der Waals surface area contributed by atoms with E-state index >= 15 is 0 Å². The molecule has 10 nitrogen and oxygen atoms in total. The standard InChI is InChI=1S/C17H20N6O4S2/c1-3-29(24,25)21-4-5-23-16-14(15(18)19-8-20-16)22-17(23)28-13-7-12-11(6-10(13)2)26-9-27-12/h6-8,21H,3-5,9H2,1-2H3,(H2,18,19,20). The molecule has 1 aliphatic rings. The van der Waals surface area contributed by atoms with Crippen molar-refractivity contribution in [2.24, 2.45) is 0 Å². The number of sulfonamides is 1. The fourth-order valence-corrected chi connectivity index (χ4v) is 4.48. The minimum Gasteiger partial charge on any atom is -0.454 e. The highest BCUT2D eigenvalue weighted by molar-refractivity contribution is 7.99. The molecule has 2 aromatic heterocycles. The zero-order valence-corrected chi connectivity index (χ0v) is 17.5. The maximum absolute atomic E-state index is 11.8. The summed E-state index contributed by atoms with van der Waals surface area (Å²) in [5.74, 6) is 1.68. The highest BCUT2D eigenvalue weighted by Crippen LogP contribution is 2.40. The van der Waals surface area contributed by atoms with E-state index in [9.17, 15) is 8.42 Å². The van der Waals surface area contributed by atoms with E-state index in [1.807, 2.05) is 23.6 Å². The maximum atomic E-state index is 11.8. The van der Waals surface area contributed by atoms with Gasteiger partial charge in [0, 0.05) is 18.0 Å². The van der Waals surface area contributed by atoms with Crippen molar-refractivity contribution in [1.82, 2.24) is 24.2 Å². The Morgan fingerprint density at radius 1 is 1.28 bits per heavy atom. The monoisotopic (exact) mass is 436 g/mol. The van der Waals surface area contributed by atoms with Crippen LogP contribution < -0.4 is 19.9 Å². The second-order valence-corrected chi connectivity index (χ2v) is 9.45. The Labute approximate surface area is 171 Å². The quantitative estimate of drug-likeness (QED) is 0.565. The van der Waals surface area contributed by atoms with Gasteiger partial charge in [-0.3, -0.25) is 0 Å². The molecule has 0 atom stereocenters. The molecule has 0 saturated carbocycles. The lowest BCUT2D eigenvalue weighted by molar-refractivity contribution is 0.174. The summed E-state index contributed by atoms with van der Waals surface area (Å²) in [6, 6.07) is 3.82. The van der Waals surface area contributed by atoms with Crippen LogP contribution >= 0.6 is 11.8 Å². The van der Waals surface area contributed by atoms with Gasteiger partial charge in [0.1, 0.15) is 6.33 Å². The van der Waals surface area contributed by atoms with Crippen molar-refractivity contribution in [2.45, 2.75) is 30.4 Å². The lowest BCUT2D eigenvalue weighted by Crippen LogP contribution is -2.28. The largest absolute Gasteiger partial charge is 0.454 e. The summed E-state index contributed by atoms with van der Waals surface area (Å²) in [6.07, 6.45) is 1.37. The molecule has 0 aliphatic carbocycles. The van der Waals surface area contributed by atoms with Crippen molar-refractivity contribution < 1.29 is 17.9 Å². The number of hydrogen-bond acceptors (Lipinski definition) is 9. The van der Waals surface area contributed by atoms with Gasteiger partial charge in [-0.15, -0.1) is 0 Å². The van der Waals surface area contributed by atoms with Crippen molar-refractivity contribution in [1.29, 1.82) is 0 Å². The van der Waals surface area contributed by atoms with E-state index in [0.29, 0.717) is 34.4 Å². The van der Waals surface area contributed by atoms with Gasteiger partial charge in [-0.05, 0) is 31.5 Å². The molecule has 1 aromatic carbocycles. The van der Waals surface area contributed by atoms with E-state index in [-0.39, 0.29) is 24.9 Å². The number of nitrogen functional groups attached to an aromatic ring is 1. The predicted octanol–water partition coefficient (Wildman–Crippen LogP) is 1.54. The second-order valence-electron chi connectivity index (χ2n) is 6.35. The van der Waals surface area contributed by atoms with Crippen LogP contribution in [0.2, 0.25) is 0 Å². The Morgan fingerprint density at radius 3 is 2.79 bits per heavy atom. The first kappa shape index (κ1) is 19.7. The minimum absolute atomic E-state index is 0.0186. The maximum Gasteiger partial charge on any atom is 0.231 e. The first-order valence-corrected chi connectivity index (χ1v) is 11.4. The lowest BCUT2D eigenvalue weighted by atomic mass is 10.2. The fourth-order valence-electron chi connectivity index (χ4n) is 2.86. The van der Waals surface area contributed by atoms with Gasteiger partial charge in [-0.2, -0.15) is 0 Å². The number of nitrogens with zero attached hydrogens (tertiary/aromatic N) is 4. The molecule has 0 unspecified atom stereocenters. The third-order valence-corrected chi connectivity index (χ3v) is 6.99. The predicted molar refractivity (Wildman–Crippen MR) is 109 cm³/mol. The summed E-state index contributed by atoms with van der Waals surface area (Å²) in [5.41, 5.74) is 8.00. The number of imidazole rings is 1. The summed E-state index contributed by atoms with van der Waals surface area (Å²) in [4.78, 5) is 13.8. The number of fused-ring (bicyclic) bond motifs is 2. The molecule has 154 valence electrons. The number of aryl methyl sites for hydroxylation is 1. The van der Waals surface area contributed by atoms with Crippen molar-refractivity contribution in [3.63, 3.8) is 0 Å². The molecule has 12 heteroatoms. The average molecular weight is 437 g/mol. The number of nitrogens with one attached hydrogen (secondary N) is 1. The molecule has 3 N–H and O–H groups in total. The van der Waals surface area contributed by atoms with Gasteiger partial charge in [0.25, 0.3) is 0 Å². The number of rotatable bonds is 7. The fraction of sp³-hybridized carbons (Fsp3) is 0.353. The zero-order valence-electron chi connectivity index (χ0n) is 15.9. The number of ether oxygens (including phenoxy) is 2. The van der Waals surface area contributed by atoms with Crippen LogP contribution in [-0.4, -0.2) is 47.0 Å². The first-order valence-electron chi connectivity index (χ1n) is 8.90. The Bertz CT molecular complexity index is 1180. The average Bonchev–Trinajstić information content (AvgIpc) is 3.27. The number of hydrogen-bond donors (Lipinski definition) is 2. The Morgan fingerprint density at radius 2 is 2.03 bits per heavy atom. The first-order chi connectivity index (χ1) is 13.9. The van der Waals surface area contributed by atoms with Gasteiger partial charge < -0.3 is 19.8 Å². The smallest absolute Gasteiger partial charge is 0.231 e. The third kappa shape index (κ3) is 3.95. The van der Waals surface area contributed by atoms with E-state index in [4.69, 9.17) is 15.2 Å². The molecule has 3 heterocycles. The summed E-state index contributed by atoms with van der Waals surface area (Å²) < 4.78 is 38.8. The van der Waals surface area contributed by atoms with Crippen LogP contribution in [0.4, 0.5) is 5.82 Å². The Hall–Kier alpha value is -2.57. The van der Waals surface area contributed by atoms with Crippen LogP contribution in [0.25, 0.3) is 11.2 Å². The van der Waals surface area contributed by atoms with Gasteiger partial charge in [0.05, 0.1) is 5.75 Å². The van der Waals surface area contributed by atoms with Crippen molar-refractivity contribution >= 4 is 38.8 Å². The summed E-state index contributed by atoms with van der Waals surface area (Å²) in [7, 11) is -3.30. The van der Waals surface area contributed by atoms with Crippen molar-refractivity contribution in [3.05, 3.63) is 24.0 Å². The summed E-state index contributed by atoms with van der Waals surface area (Å²) in [6.45, 7) is 4.32. The Balaban J connectivity index is 1.69. The number of aromatic nitrogens is 4.